The van der Waals surface area contributed by atoms with E-state index in [1.807, 2.05) is 30.5 Å². The Morgan fingerprint density at radius 2 is 2.23 bits per heavy atom. The molecule has 0 fully saturated rings. The summed E-state index contributed by atoms with van der Waals surface area (Å²) in [5, 5.41) is 9.17. The summed E-state index contributed by atoms with van der Waals surface area (Å²) in [6.45, 7) is 0.0179. The summed E-state index contributed by atoms with van der Waals surface area (Å²) in [5.41, 5.74) is 0.840. The van der Waals surface area contributed by atoms with Crippen molar-refractivity contribution in [1.29, 1.82) is 0 Å². The summed E-state index contributed by atoms with van der Waals surface area (Å²) >= 11 is 1.54. The third-order valence-electron chi connectivity index (χ3n) is 1.52. The number of thioether (sulfide) groups is 1. The van der Waals surface area contributed by atoms with Crippen LogP contribution in [0.1, 0.15) is 5.56 Å². The summed E-state index contributed by atoms with van der Waals surface area (Å²) in [5.74, 6) is 0. The van der Waals surface area contributed by atoms with Crippen LogP contribution in [0, 0.1) is 10.1 Å². The van der Waals surface area contributed by atoms with E-state index in [2.05, 4.69) is 4.84 Å². The third kappa shape index (κ3) is 2.95. The van der Waals surface area contributed by atoms with Crippen LogP contribution in [0.4, 0.5) is 0 Å². The van der Waals surface area contributed by atoms with Crippen molar-refractivity contribution < 1.29 is 9.92 Å². The molecule has 0 radical (unpaired) electrons. The van der Waals surface area contributed by atoms with Crippen LogP contribution >= 0.6 is 11.8 Å². The van der Waals surface area contributed by atoms with E-state index in [9.17, 15) is 10.1 Å². The number of hydrogen-bond acceptors (Lipinski definition) is 4. The summed E-state index contributed by atoms with van der Waals surface area (Å²) in [7, 11) is 0. The Hall–Kier alpha value is -1.23. The van der Waals surface area contributed by atoms with Crippen molar-refractivity contribution in [3.8, 4) is 0 Å². The molecule has 0 unspecified atom stereocenters. The minimum atomic E-state index is -0.781. The van der Waals surface area contributed by atoms with Gasteiger partial charge in [-0.25, -0.2) is 0 Å². The lowest BCUT2D eigenvalue weighted by Crippen LogP contribution is -2.01. The molecule has 0 heterocycles. The molecule has 13 heavy (non-hydrogen) atoms. The number of rotatable bonds is 4. The molecule has 0 amide bonds. The van der Waals surface area contributed by atoms with Crippen molar-refractivity contribution in [3.63, 3.8) is 0 Å². The van der Waals surface area contributed by atoms with Crippen LogP contribution in [-0.4, -0.2) is 11.3 Å². The average Bonchev–Trinajstić information content (AvgIpc) is 2.15. The summed E-state index contributed by atoms with van der Waals surface area (Å²) in [6, 6.07) is 7.44. The van der Waals surface area contributed by atoms with Crippen LogP contribution in [0.25, 0.3) is 0 Å². The predicted molar refractivity (Wildman–Crippen MR) is 50.0 cm³/mol. The maximum Gasteiger partial charge on any atom is 0.294 e. The van der Waals surface area contributed by atoms with E-state index in [0.717, 1.165) is 10.5 Å². The van der Waals surface area contributed by atoms with E-state index in [-0.39, 0.29) is 6.61 Å². The fourth-order valence-electron chi connectivity index (χ4n) is 0.944. The Kier molecular flexibility index (Phi) is 3.57. The largest absolute Gasteiger partial charge is 0.309 e. The van der Waals surface area contributed by atoms with Crippen molar-refractivity contribution in [1.82, 2.24) is 0 Å². The van der Waals surface area contributed by atoms with Crippen molar-refractivity contribution in [3.05, 3.63) is 39.9 Å². The predicted octanol–water partition coefficient (Wildman–Crippen LogP) is 2.12. The van der Waals surface area contributed by atoms with Crippen LogP contribution < -0.4 is 0 Å². The summed E-state index contributed by atoms with van der Waals surface area (Å²) in [6.07, 6.45) is 1.92. The monoisotopic (exact) mass is 199 g/mol. The second-order valence-electron chi connectivity index (χ2n) is 2.31. The molecule has 1 rings (SSSR count). The second kappa shape index (κ2) is 4.71. The van der Waals surface area contributed by atoms with Gasteiger partial charge >= 0.3 is 0 Å². The molecule has 70 valence electrons. The van der Waals surface area contributed by atoms with E-state index < -0.39 is 5.09 Å². The number of hydrogen-bond donors (Lipinski definition) is 0. The standard InChI is InChI=1S/C8H9NO3S/c1-13-8-5-3-2-4-7(8)6-12-9(10)11/h2-5H,6H2,1H3. The Balaban J connectivity index is 2.69. The first-order valence-corrected chi connectivity index (χ1v) is 4.85. The highest BCUT2D eigenvalue weighted by Gasteiger charge is 2.02. The molecule has 0 aromatic heterocycles. The molecule has 4 nitrogen and oxygen atoms in total. The van der Waals surface area contributed by atoms with Crippen molar-refractivity contribution in [2.45, 2.75) is 11.5 Å². The molecule has 0 bridgehead atoms. The van der Waals surface area contributed by atoms with Crippen molar-refractivity contribution in [2.24, 2.45) is 0 Å². The molecule has 0 aliphatic rings. The minimum absolute atomic E-state index is 0.0179. The van der Waals surface area contributed by atoms with Crippen LogP contribution in [0.5, 0.6) is 0 Å². The molecule has 0 N–H and O–H groups in total. The molecular formula is C8H9NO3S. The molecule has 5 heteroatoms. The van der Waals surface area contributed by atoms with E-state index in [1.54, 1.807) is 11.8 Å². The van der Waals surface area contributed by atoms with Gasteiger partial charge in [0.25, 0.3) is 5.09 Å². The van der Waals surface area contributed by atoms with Crippen LogP contribution in [0.2, 0.25) is 0 Å². The van der Waals surface area contributed by atoms with Crippen molar-refractivity contribution >= 4 is 11.8 Å². The van der Waals surface area contributed by atoms with Gasteiger partial charge in [-0.15, -0.1) is 21.9 Å². The second-order valence-corrected chi connectivity index (χ2v) is 3.16. The molecule has 1 aromatic carbocycles. The fraction of sp³-hybridized carbons (Fsp3) is 0.250. The van der Waals surface area contributed by atoms with E-state index in [4.69, 9.17) is 0 Å². The topological polar surface area (TPSA) is 52.4 Å². The highest BCUT2D eigenvalue weighted by molar-refractivity contribution is 7.98. The fourth-order valence-corrected chi connectivity index (χ4v) is 1.55. The van der Waals surface area contributed by atoms with Gasteiger partial charge in [-0.1, -0.05) is 18.2 Å². The Morgan fingerprint density at radius 3 is 2.85 bits per heavy atom. The molecule has 0 saturated carbocycles. The number of benzene rings is 1. The Bertz CT molecular complexity index is 303. The lowest BCUT2D eigenvalue weighted by Gasteiger charge is -2.04. The Labute approximate surface area is 80.0 Å². The lowest BCUT2D eigenvalue weighted by atomic mass is 10.2. The maximum atomic E-state index is 9.95. The minimum Gasteiger partial charge on any atom is -0.309 e. The van der Waals surface area contributed by atoms with Gasteiger partial charge in [0, 0.05) is 4.90 Å². The van der Waals surface area contributed by atoms with E-state index in [1.165, 1.54) is 0 Å². The zero-order chi connectivity index (χ0) is 9.68. The first kappa shape index (κ1) is 9.85. The lowest BCUT2D eigenvalue weighted by molar-refractivity contribution is -0.763. The molecule has 0 spiro atoms. The molecular weight excluding hydrogens is 190 g/mol. The highest BCUT2D eigenvalue weighted by Crippen LogP contribution is 2.20. The van der Waals surface area contributed by atoms with Gasteiger partial charge in [0.2, 0.25) is 0 Å². The quantitative estimate of drug-likeness (QED) is 0.423. The zero-order valence-electron chi connectivity index (χ0n) is 7.10. The van der Waals surface area contributed by atoms with Gasteiger partial charge in [0.05, 0.1) is 0 Å². The third-order valence-corrected chi connectivity index (χ3v) is 2.36. The van der Waals surface area contributed by atoms with Gasteiger partial charge in [-0.3, -0.25) is 0 Å². The van der Waals surface area contributed by atoms with Gasteiger partial charge < -0.3 is 4.84 Å². The van der Waals surface area contributed by atoms with Crippen LogP contribution in [0.3, 0.4) is 0 Å². The Morgan fingerprint density at radius 1 is 1.54 bits per heavy atom. The number of nitrogens with zero attached hydrogens (tertiary/aromatic N) is 1. The molecule has 1 aromatic rings. The van der Waals surface area contributed by atoms with Crippen LogP contribution in [-0.2, 0) is 11.4 Å². The molecule has 0 atom stereocenters. The zero-order valence-corrected chi connectivity index (χ0v) is 7.91. The summed E-state index contributed by atoms with van der Waals surface area (Å²) in [4.78, 5) is 15.2. The van der Waals surface area contributed by atoms with Gasteiger partial charge in [-0.05, 0) is 17.9 Å². The first-order chi connectivity index (χ1) is 6.24. The maximum absolute atomic E-state index is 9.95. The molecule has 0 aliphatic carbocycles. The SMILES string of the molecule is CSc1ccccc1CO[N+](=O)[O-]. The summed E-state index contributed by atoms with van der Waals surface area (Å²) < 4.78 is 0. The van der Waals surface area contributed by atoms with Gasteiger partial charge in [-0.2, -0.15) is 0 Å². The van der Waals surface area contributed by atoms with Crippen molar-refractivity contribution in [2.75, 3.05) is 6.26 Å². The van der Waals surface area contributed by atoms with E-state index >= 15 is 0 Å². The average molecular weight is 199 g/mol. The molecule has 0 saturated heterocycles. The first-order valence-electron chi connectivity index (χ1n) is 3.63. The van der Waals surface area contributed by atoms with Gasteiger partial charge in [0.1, 0.15) is 6.61 Å². The normalized spacial score (nSPS) is 9.62. The van der Waals surface area contributed by atoms with Gasteiger partial charge in [0.15, 0.2) is 0 Å². The highest BCUT2D eigenvalue weighted by atomic mass is 32.2. The van der Waals surface area contributed by atoms with Crippen LogP contribution in [0.15, 0.2) is 29.2 Å². The molecule has 0 aliphatic heterocycles. The smallest absolute Gasteiger partial charge is 0.294 e. The van der Waals surface area contributed by atoms with E-state index in [0.29, 0.717) is 0 Å².